The van der Waals surface area contributed by atoms with Gasteiger partial charge in [0.2, 0.25) is 0 Å². The van der Waals surface area contributed by atoms with Gasteiger partial charge in [-0.15, -0.1) is 0 Å². The molecule has 1 saturated carbocycles. The maximum absolute atomic E-state index is 10.5. The third kappa shape index (κ3) is 8.27. The van der Waals surface area contributed by atoms with Gasteiger partial charge in [0.05, 0.1) is 20.2 Å². The number of benzene rings is 1. The van der Waals surface area contributed by atoms with Crippen LogP contribution in [0.5, 0.6) is 0 Å². The minimum Gasteiger partial charge on any atom is -0.293 e. The molecule has 1 aliphatic carbocycles. The van der Waals surface area contributed by atoms with Crippen LogP contribution in [0.15, 0.2) is 43.0 Å². The smallest absolute Gasteiger partial charge is 0.293 e. The highest BCUT2D eigenvalue weighted by Gasteiger charge is 2.18. The van der Waals surface area contributed by atoms with Gasteiger partial charge in [-0.3, -0.25) is 8.67 Å². The van der Waals surface area contributed by atoms with Crippen molar-refractivity contribution in [3.05, 3.63) is 43.0 Å². The maximum atomic E-state index is 10.5. The van der Waals surface area contributed by atoms with Crippen molar-refractivity contribution in [2.75, 3.05) is 20.6 Å². The number of hydrogen-bond donors (Lipinski definition) is 1. The molecule has 130 valence electrons. The molecule has 0 amide bonds. The van der Waals surface area contributed by atoms with Crippen LogP contribution >= 0.6 is 0 Å². The third-order valence-electron chi connectivity index (χ3n) is 3.86. The summed E-state index contributed by atoms with van der Waals surface area (Å²) in [5.74, 6) is 0. The average molecular weight is 341 g/mol. The predicted octanol–water partition coefficient (Wildman–Crippen LogP) is 2.98. The van der Waals surface area contributed by atoms with Gasteiger partial charge in [0, 0.05) is 0 Å². The van der Waals surface area contributed by atoms with E-state index in [2.05, 4.69) is 49.1 Å². The Kier molecular flexibility index (Phi) is 7.91. The van der Waals surface area contributed by atoms with E-state index in [1.54, 1.807) is 0 Å². The Morgan fingerprint density at radius 2 is 1.78 bits per heavy atom. The molecule has 1 fully saturated rings. The first-order valence-electron chi connectivity index (χ1n) is 7.95. The fourth-order valence-corrected chi connectivity index (χ4v) is 3.18. The van der Waals surface area contributed by atoms with Gasteiger partial charge in [-0.25, -0.2) is 5.14 Å². The zero-order valence-electron chi connectivity index (χ0n) is 14.1. The summed E-state index contributed by atoms with van der Waals surface area (Å²) in [4.78, 5) is 0. The molecular formula is C17H29N2O3S+. The topological polar surface area (TPSA) is 69.4 Å². The zero-order valence-corrected chi connectivity index (χ0v) is 15.0. The fraction of sp³-hybridized carbons (Fsp3) is 0.529. The molecule has 1 aromatic rings. The number of quaternary nitrogens is 1. The number of nitrogens with two attached hydrogens (primary N) is 1. The van der Waals surface area contributed by atoms with Crippen LogP contribution in [0.4, 0.5) is 5.69 Å². The Labute approximate surface area is 140 Å². The van der Waals surface area contributed by atoms with Gasteiger partial charge < -0.3 is 0 Å². The molecule has 0 saturated heterocycles. The lowest BCUT2D eigenvalue weighted by Crippen LogP contribution is -2.40. The van der Waals surface area contributed by atoms with Gasteiger partial charge in [0.15, 0.2) is 0 Å². The number of likely N-dealkylation sites (N-methyl/N-ethyl adjacent to an activating group) is 1. The predicted molar refractivity (Wildman–Crippen MR) is 96.2 cm³/mol. The van der Waals surface area contributed by atoms with E-state index in [4.69, 9.17) is 5.14 Å². The quantitative estimate of drug-likeness (QED) is 0.661. The highest BCUT2D eigenvalue weighted by Crippen LogP contribution is 2.20. The second-order valence-corrected chi connectivity index (χ2v) is 7.52. The second-order valence-electron chi connectivity index (χ2n) is 6.34. The van der Waals surface area contributed by atoms with Crippen molar-refractivity contribution in [2.45, 2.75) is 38.2 Å². The summed E-state index contributed by atoms with van der Waals surface area (Å²) in [7, 11) is 0.631. The van der Waals surface area contributed by atoms with Gasteiger partial charge in [-0.2, -0.15) is 8.42 Å². The van der Waals surface area contributed by atoms with Crippen LogP contribution in [0.3, 0.4) is 0 Å². The van der Waals surface area contributed by atoms with Gasteiger partial charge in [0.1, 0.15) is 12.2 Å². The molecule has 0 unspecified atom stereocenters. The Morgan fingerprint density at radius 3 is 2.26 bits per heavy atom. The first-order valence-corrected chi connectivity index (χ1v) is 9.42. The van der Waals surface area contributed by atoms with Crippen LogP contribution in [-0.4, -0.2) is 35.2 Å². The standard InChI is InChI=1S/C11H16N.C6H13NO3S/c1-4-10-12(2,3)11-8-6-5-7-9-11;7-11(8,9)10-6-4-2-1-3-5-6/h4-9H,1,10H2,2-3H3;6H,1-5H2,(H2,7,8,9)/q+1;. The molecule has 0 heterocycles. The Hall–Kier alpha value is -1.21. The molecule has 0 atom stereocenters. The second kappa shape index (κ2) is 9.17. The van der Waals surface area contributed by atoms with E-state index < -0.39 is 10.3 Å². The maximum Gasteiger partial charge on any atom is 0.333 e. The average Bonchev–Trinajstić information content (AvgIpc) is 2.48. The molecule has 1 aliphatic rings. The highest BCUT2D eigenvalue weighted by atomic mass is 32.2. The van der Waals surface area contributed by atoms with Crippen LogP contribution in [-0.2, 0) is 14.5 Å². The van der Waals surface area contributed by atoms with Crippen molar-refractivity contribution in [2.24, 2.45) is 5.14 Å². The van der Waals surface area contributed by atoms with E-state index in [1.807, 2.05) is 12.1 Å². The van der Waals surface area contributed by atoms with E-state index >= 15 is 0 Å². The van der Waals surface area contributed by atoms with E-state index in [-0.39, 0.29) is 6.10 Å². The molecule has 0 bridgehead atoms. The first-order chi connectivity index (χ1) is 10.7. The normalized spacial score (nSPS) is 16.3. The molecule has 0 aliphatic heterocycles. The summed E-state index contributed by atoms with van der Waals surface area (Å²) in [6.45, 7) is 4.72. The Balaban J connectivity index is 0.000000231. The van der Waals surface area contributed by atoms with Crippen LogP contribution in [0.2, 0.25) is 0 Å². The van der Waals surface area contributed by atoms with Crippen molar-refractivity contribution < 1.29 is 12.6 Å². The van der Waals surface area contributed by atoms with Gasteiger partial charge in [-0.05, 0) is 31.1 Å². The summed E-state index contributed by atoms with van der Waals surface area (Å²) in [5, 5.41) is 4.72. The SMILES string of the molecule is C=CC[N+](C)(C)c1ccccc1.NS(=O)(=O)OC1CCCCC1. The van der Waals surface area contributed by atoms with Crippen molar-refractivity contribution in [1.29, 1.82) is 0 Å². The first kappa shape index (κ1) is 19.8. The third-order valence-corrected chi connectivity index (χ3v) is 4.40. The molecule has 1 aromatic carbocycles. The van der Waals surface area contributed by atoms with Crippen molar-refractivity contribution >= 4 is 16.0 Å². The molecule has 0 aromatic heterocycles. The highest BCUT2D eigenvalue weighted by molar-refractivity contribution is 7.84. The van der Waals surface area contributed by atoms with Crippen molar-refractivity contribution in [3.63, 3.8) is 0 Å². The minimum absolute atomic E-state index is 0.168. The van der Waals surface area contributed by atoms with Gasteiger partial charge in [0.25, 0.3) is 0 Å². The monoisotopic (exact) mass is 341 g/mol. The number of para-hydroxylation sites is 1. The minimum atomic E-state index is -3.72. The lowest BCUT2D eigenvalue weighted by atomic mass is 9.98. The zero-order chi connectivity index (χ0) is 17.3. The summed E-state index contributed by atoms with van der Waals surface area (Å²) < 4.78 is 26.4. The molecule has 0 spiro atoms. The number of rotatable bonds is 5. The Morgan fingerprint density at radius 1 is 1.22 bits per heavy atom. The van der Waals surface area contributed by atoms with Crippen molar-refractivity contribution in [1.82, 2.24) is 4.48 Å². The van der Waals surface area contributed by atoms with Gasteiger partial charge in [-0.1, -0.05) is 44.0 Å². The Bertz CT molecular complexity index is 565. The molecule has 0 radical (unpaired) electrons. The van der Waals surface area contributed by atoms with E-state index in [0.717, 1.165) is 36.7 Å². The molecule has 2 N–H and O–H groups in total. The number of nitrogens with zero attached hydrogens (tertiary/aromatic N) is 1. The van der Waals surface area contributed by atoms with E-state index in [1.165, 1.54) is 12.1 Å². The molecule has 6 heteroatoms. The summed E-state index contributed by atoms with van der Waals surface area (Å²) in [5.41, 5.74) is 1.32. The lowest BCUT2D eigenvalue weighted by Gasteiger charge is -2.27. The van der Waals surface area contributed by atoms with Crippen LogP contribution in [0, 0.1) is 0 Å². The van der Waals surface area contributed by atoms with Gasteiger partial charge >= 0.3 is 10.3 Å². The van der Waals surface area contributed by atoms with E-state index in [0.29, 0.717) is 0 Å². The molecule has 23 heavy (non-hydrogen) atoms. The van der Waals surface area contributed by atoms with Crippen molar-refractivity contribution in [3.8, 4) is 0 Å². The van der Waals surface area contributed by atoms with E-state index in [9.17, 15) is 8.42 Å². The lowest BCUT2D eigenvalue weighted by molar-refractivity contribution is 0.162. The molecular weight excluding hydrogens is 312 g/mol. The molecule has 5 nitrogen and oxygen atoms in total. The van der Waals surface area contributed by atoms with Crippen LogP contribution in [0.1, 0.15) is 32.1 Å². The number of hydrogen-bond acceptors (Lipinski definition) is 3. The molecule has 2 rings (SSSR count). The fourth-order valence-electron chi connectivity index (χ4n) is 2.61. The van der Waals surface area contributed by atoms with Crippen LogP contribution < -0.4 is 9.62 Å². The largest absolute Gasteiger partial charge is 0.333 e. The van der Waals surface area contributed by atoms with Crippen LogP contribution in [0.25, 0.3) is 0 Å². The summed E-state index contributed by atoms with van der Waals surface area (Å²) in [6.07, 6.45) is 6.67. The summed E-state index contributed by atoms with van der Waals surface area (Å²) in [6, 6.07) is 10.5. The summed E-state index contributed by atoms with van der Waals surface area (Å²) >= 11 is 0.